The minimum atomic E-state index is -0.0797. The summed E-state index contributed by atoms with van der Waals surface area (Å²) in [6.45, 7) is 5.23. The first-order valence-electron chi connectivity index (χ1n) is 7.59. The summed E-state index contributed by atoms with van der Waals surface area (Å²) in [6.07, 6.45) is 2.53. The van der Waals surface area contributed by atoms with Crippen molar-refractivity contribution in [2.45, 2.75) is 26.3 Å². The van der Waals surface area contributed by atoms with E-state index in [2.05, 4.69) is 21.8 Å². The Morgan fingerprint density at radius 1 is 1.33 bits per heavy atom. The number of hydrogen-bond acceptors (Lipinski definition) is 3. The van der Waals surface area contributed by atoms with Gasteiger partial charge in [0.2, 0.25) is 0 Å². The minimum absolute atomic E-state index is 0.0797. The first-order chi connectivity index (χ1) is 10.2. The molecule has 1 atom stereocenters. The van der Waals surface area contributed by atoms with Crippen molar-refractivity contribution in [3.63, 3.8) is 0 Å². The van der Waals surface area contributed by atoms with E-state index >= 15 is 0 Å². The van der Waals surface area contributed by atoms with Crippen LogP contribution in [0.25, 0.3) is 11.4 Å². The number of rotatable bonds is 3. The van der Waals surface area contributed by atoms with Crippen LogP contribution in [0.1, 0.15) is 25.5 Å². The van der Waals surface area contributed by atoms with E-state index in [1.54, 1.807) is 6.07 Å². The molecule has 1 aromatic heterocycles. The van der Waals surface area contributed by atoms with Crippen molar-refractivity contribution in [3.8, 4) is 11.4 Å². The fourth-order valence-electron chi connectivity index (χ4n) is 2.98. The summed E-state index contributed by atoms with van der Waals surface area (Å²) in [4.78, 5) is 21.7. The third-order valence-corrected chi connectivity index (χ3v) is 3.97. The highest BCUT2D eigenvalue weighted by atomic mass is 16.1. The van der Waals surface area contributed by atoms with Crippen LogP contribution in [0.2, 0.25) is 0 Å². The molecule has 0 bridgehead atoms. The molecule has 110 valence electrons. The van der Waals surface area contributed by atoms with Crippen molar-refractivity contribution in [2.24, 2.45) is 5.92 Å². The van der Waals surface area contributed by atoms with Crippen LogP contribution in [0, 0.1) is 5.92 Å². The Morgan fingerprint density at radius 3 is 2.90 bits per heavy atom. The Balaban J connectivity index is 1.83. The highest BCUT2D eigenvalue weighted by molar-refractivity contribution is 5.54. The van der Waals surface area contributed by atoms with Gasteiger partial charge >= 0.3 is 0 Å². The first-order valence-corrected chi connectivity index (χ1v) is 7.59. The van der Waals surface area contributed by atoms with E-state index in [1.165, 1.54) is 12.8 Å². The molecular formula is C17H21N3O. The van der Waals surface area contributed by atoms with E-state index in [9.17, 15) is 4.79 Å². The van der Waals surface area contributed by atoms with Crippen LogP contribution in [0.5, 0.6) is 0 Å². The van der Waals surface area contributed by atoms with E-state index in [0.717, 1.165) is 36.8 Å². The number of aromatic amines is 1. The highest BCUT2D eigenvalue weighted by Crippen LogP contribution is 2.18. The van der Waals surface area contributed by atoms with Gasteiger partial charge in [-0.05, 0) is 25.3 Å². The number of likely N-dealkylation sites (tertiary alicyclic amines) is 1. The molecule has 1 fully saturated rings. The lowest BCUT2D eigenvalue weighted by Gasteiger charge is -2.30. The molecular weight excluding hydrogens is 262 g/mol. The average molecular weight is 283 g/mol. The van der Waals surface area contributed by atoms with E-state index in [-0.39, 0.29) is 5.56 Å². The number of nitrogens with one attached hydrogen (secondary N) is 1. The fourth-order valence-corrected chi connectivity index (χ4v) is 2.98. The van der Waals surface area contributed by atoms with Gasteiger partial charge < -0.3 is 4.98 Å². The number of nitrogens with zero attached hydrogens (tertiary/aromatic N) is 2. The summed E-state index contributed by atoms with van der Waals surface area (Å²) in [5.41, 5.74) is 1.72. The molecule has 2 heterocycles. The van der Waals surface area contributed by atoms with Crippen molar-refractivity contribution in [2.75, 3.05) is 13.1 Å². The molecule has 1 N–H and O–H groups in total. The molecule has 0 amide bonds. The number of H-pyrrole nitrogens is 1. The Hall–Kier alpha value is -1.94. The van der Waals surface area contributed by atoms with Gasteiger partial charge in [0, 0.05) is 24.7 Å². The van der Waals surface area contributed by atoms with Crippen molar-refractivity contribution in [1.82, 2.24) is 14.9 Å². The highest BCUT2D eigenvalue weighted by Gasteiger charge is 2.17. The SMILES string of the molecule is CC1CCCN(Cc2cc(=O)[nH]c(-c3ccccc3)n2)C1. The molecule has 4 heteroatoms. The molecule has 0 spiro atoms. The molecule has 1 aliphatic rings. The van der Waals surface area contributed by atoms with Crippen molar-refractivity contribution < 1.29 is 0 Å². The lowest BCUT2D eigenvalue weighted by atomic mass is 10.0. The largest absolute Gasteiger partial charge is 0.307 e. The van der Waals surface area contributed by atoms with E-state index in [0.29, 0.717) is 5.82 Å². The third-order valence-electron chi connectivity index (χ3n) is 3.97. The third kappa shape index (κ3) is 3.58. The number of aromatic nitrogens is 2. The van der Waals surface area contributed by atoms with Gasteiger partial charge in [0.05, 0.1) is 5.69 Å². The molecule has 1 unspecified atom stereocenters. The summed E-state index contributed by atoms with van der Waals surface area (Å²) in [6, 6.07) is 11.4. The number of hydrogen-bond donors (Lipinski definition) is 1. The second kappa shape index (κ2) is 6.22. The smallest absolute Gasteiger partial charge is 0.251 e. The van der Waals surface area contributed by atoms with Gasteiger partial charge in [-0.25, -0.2) is 4.98 Å². The minimum Gasteiger partial charge on any atom is -0.307 e. The maximum absolute atomic E-state index is 11.9. The summed E-state index contributed by atoms with van der Waals surface area (Å²) in [5.74, 6) is 1.39. The summed E-state index contributed by atoms with van der Waals surface area (Å²) in [7, 11) is 0. The molecule has 0 aliphatic carbocycles. The fraction of sp³-hybridized carbons (Fsp3) is 0.412. The monoisotopic (exact) mass is 283 g/mol. The molecule has 3 rings (SSSR count). The Morgan fingerprint density at radius 2 is 2.14 bits per heavy atom. The van der Waals surface area contributed by atoms with Crippen LogP contribution in [0.15, 0.2) is 41.2 Å². The Kier molecular flexibility index (Phi) is 4.15. The standard InChI is InChI=1S/C17H21N3O/c1-13-6-5-9-20(11-13)12-15-10-16(21)19-17(18-15)14-7-3-2-4-8-14/h2-4,7-8,10,13H,5-6,9,11-12H2,1H3,(H,18,19,21). The van der Waals surface area contributed by atoms with E-state index in [4.69, 9.17) is 0 Å². The summed E-state index contributed by atoms with van der Waals surface area (Å²) in [5, 5.41) is 0. The molecule has 1 aromatic carbocycles. The van der Waals surface area contributed by atoms with Gasteiger partial charge in [-0.15, -0.1) is 0 Å². The maximum atomic E-state index is 11.9. The van der Waals surface area contributed by atoms with Gasteiger partial charge in [0.1, 0.15) is 5.82 Å². The lowest BCUT2D eigenvalue weighted by molar-refractivity contribution is 0.175. The molecule has 0 saturated carbocycles. The Labute approximate surface area is 124 Å². The summed E-state index contributed by atoms with van der Waals surface area (Å²) < 4.78 is 0. The molecule has 1 saturated heterocycles. The van der Waals surface area contributed by atoms with Crippen LogP contribution in [-0.2, 0) is 6.54 Å². The Bertz CT molecular complexity index is 651. The van der Waals surface area contributed by atoms with Crippen molar-refractivity contribution in [1.29, 1.82) is 0 Å². The van der Waals surface area contributed by atoms with Crippen LogP contribution in [-0.4, -0.2) is 28.0 Å². The zero-order valence-electron chi connectivity index (χ0n) is 12.4. The summed E-state index contributed by atoms with van der Waals surface area (Å²) >= 11 is 0. The van der Waals surface area contributed by atoms with Gasteiger partial charge in [0.25, 0.3) is 5.56 Å². The van der Waals surface area contributed by atoms with Crippen molar-refractivity contribution in [3.05, 3.63) is 52.4 Å². The molecule has 1 aliphatic heterocycles. The van der Waals surface area contributed by atoms with Crippen LogP contribution in [0.4, 0.5) is 0 Å². The normalized spacial score (nSPS) is 19.6. The second-order valence-corrected chi connectivity index (χ2v) is 5.93. The lowest BCUT2D eigenvalue weighted by Crippen LogP contribution is -2.34. The quantitative estimate of drug-likeness (QED) is 0.942. The molecule has 2 aromatic rings. The first kappa shape index (κ1) is 14.0. The van der Waals surface area contributed by atoms with Crippen LogP contribution >= 0.6 is 0 Å². The predicted octanol–water partition coefficient (Wildman–Crippen LogP) is 2.67. The van der Waals surface area contributed by atoms with Crippen LogP contribution in [0.3, 0.4) is 0 Å². The number of benzene rings is 1. The predicted molar refractivity (Wildman–Crippen MR) is 84.0 cm³/mol. The van der Waals surface area contributed by atoms with Gasteiger partial charge in [0.15, 0.2) is 0 Å². The van der Waals surface area contributed by atoms with E-state index < -0.39 is 0 Å². The van der Waals surface area contributed by atoms with E-state index in [1.807, 2.05) is 30.3 Å². The van der Waals surface area contributed by atoms with Gasteiger partial charge in [-0.2, -0.15) is 0 Å². The van der Waals surface area contributed by atoms with Crippen molar-refractivity contribution >= 4 is 0 Å². The second-order valence-electron chi connectivity index (χ2n) is 5.93. The molecule has 4 nitrogen and oxygen atoms in total. The zero-order valence-corrected chi connectivity index (χ0v) is 12.4. The van der Waals surface area contributed by atoms with Gasteiger partial charge in [-0.3, -0.25) is 9.69 Å². The van der Waals surface area contributed by atoms with Gasteiger partial charge in [-0.1, -0.05) is 37.3 Å². The topological polar surface area (TPSA) is 49.0 Å². The molecule has 21 heavy (non-hydrogen) atoms. The zero-order chi connectivity index (χ0) is 14.7. The molecule has 0 radical (unpaired) electrons. The number of piperidine rings is 1. The maximum Gasteiger partial charge on any atom is 0.251 e. The van der Waals surface area contributed by atoms with Crippen LogP contribution < -0.4 is 5.56 Å². The average Bonchev–Trinajstić information content (AvgIpc) is 2.47.